The van der Waals surface area contributed by atoms with Crippen LogP contribution in [0.4, 0.5) is 0 Å². The summed E-state index contributed by atoms with van der Waals surface area (Å²) in [6, 6.07) is 8.67. The Balaban J connectivity index is 2.92. The second-order valence-corrected chi connectivity index (χ2v) is 5.46. The fourth-order valence-corrected chi connectivity index (χ4v) is 2.90. The maximum atomic E-state index is 11.5. The largest absolute Gasteiger partial charge is 0.507 e. The van der Waals surface area contributed by atoms with Crippen LogP contribution in [0.3, 0.4) is 0 Å². The van der Waals surface area contributed by atoms with Crippen LogP contribution < -0.4 is 0 Å². The van der Waals surface area contributed by atoms with E-state index in [2.05, 4.69) is 0 Å². The molecule has 5 nitrogen and oxygen atoms in total. The summed E-state index contributed by atoms with van der Waals surface area (Å²) in [6.45, 7) is 1.49. The Hall–Kier alpha value is -2.05. The average molecular weight is 280 g/mol. The van der Waals surface area contributed by atoms with E-state index in [-0.39, 0.29) is 28.2 Å². The lowest BCUT2D eigenvalue weighted by molar-refractivity contribution is 0.463. The van der Waals surface area contributed by atoms with Crippen LogP contribution in [-0.4, -0.2) is 23.2 Å². The molecule has 0 spiro atoms. The van der Waals surface area contributed by atoms with Crippen LogP contribution in [-0.2, 0) is 10.1 Å². The molecule has 0 bridgehead atoms. The Kier molecular flexibility index (Phi) is 3.21. The number of hydrogen-bond donors (Lipinski definition) is 3. The van der Waals surface area contributed by atoms with E-state index in [0.29, 0.717) is 0 Å². The molecule has 2 aromatic rings. The molecule has 0 unspecified atom stereocenters. The quantitative estimate of drug-likeness (QED) is 0.734. The topological polar surface area (TPSA) is 94.8 Å². The third-order valence-electron chi connectivity index (χ3n) is 2.76. The van der Waals surface area contributed by atoms with Crippen molar-refractivity contribution in [2.75, 3.05) is 0 Å². The Labute approximate surface area is 110 Å². The lowest BCUT2D eigenvalue weighted by Crippen LogP contribution is -2.04. The highest BCUT2D eigenvalue weighted by Crippen LogP contribution is 2.40. The molecule has 0 atom stereocenters. The monoisotopic (exact) mass is 280 g/mol. The zero-order valence-corrected chi connectivity index (χ0v) is 10.8. The van der Waals surface area contributed by atoms with Gasteiger partial charge in [0.25, 0.3) is 10.1 Å². The lowest BCUT2D eigenvalue weighted by Gasteiger charge is -2.13. The van der Waals surface area contributed by atoms with Gasteiger partial charge < -0.3 is 10.2 Å². The first-order chi connectivity index (χ1) is 8.82. The summed E-state index contributed by atoms with van der Waals surface area (Å²) >= 11 is 0. The summed E-state index contributed by atoms with van der Waals surface area (Å²) in [5.74, 6) is -0.520. The molecular weight excluding hydrogens is 268 g/mol. The highest BCUT2D eigenvalue weighted by atomic mass is 32.2. The van der Waals surface area contributed by atoms with Crippen LogP contribution in [0.1, 0.15) is 5.56 Å². The van der Waals surface area contributed by atoms with Crippen LogP contribution in [0.5, 0.6) is 11.5 Å². The molecule has 3 N–H and O–H groups in total. The third kappa shape index (κ3) is 2.40. The Morgan fingerprint density at radius 2 is 1.58 bits per heavy atom. The Morgan fingerprint density at radius 1 is 0.947 bits per heavy atom. The van der Waals surface area contributed by atoms with Gasteiger partial charge in [-0.15, -0.1) is 0 Å². The average Bonchev–Trinajstić information content (AvgIpc) is 2.31. The number of aryl methyl sites for hydroxylation is 1. The van der Waals surface area contributed by atoms with E-state index < -0.39 is 15.0 Å². The van der Waals surface area contributed by atoms with E-state index in [1.54, 1.807) is 12.1 Å². The number of benzene rings is 2. The summed E-state index contributed by atoms with van der Waals surface area (Å²) in [7, 11) is -4.52. The Bertz CT molecular complexity index is 735. The normalized spacial score (nSPS) is 11.5. The minimum atomic E-state index is -4.52. The number of aromatic hydroxyl groups is 2. The molecule has 2 rings (SSSR count). The molecular formula is C13H12O5S. The molecule has 19 heavy (non-hydrogen) atoms. The molecule has 0 radical (unpaired) electrons. The smallest absolute Gasteiger partial charge is 0.295 e. The molecule has 0 fully saturated rings. The molecule has 0 heterocycles. The van der Waals surface area contributed by atoms with E-state index >= 15 is 0 Å². The van der Waals surface area contributed by atoms with Gasteiger partial charge in [0.2, 0.25) is 0 Å². The third-order valence-corrected chi connectivity index (χ3v) is 3.81. The zero-order chi connectivity index (χ0) is 14.2. The highest BCUT2D eigenvalue weighted by Gasteiger charge is 2.24. The van der Waals surface area contributed by atoms with Gasteiger partial charge in [0, 0.05) is 11.1 Å². The van der Waals surface area contributed by atoms with Gasteiger partial charge >= 0.3 is 0 Å². The summed E-state index contributed by atoms with van der Waals surface area (Å²) in [6.07, 6.45) is 0. The molecule has 0 saturated heterocycles. The number of phenols is 2. The first-order valence-corrected chi connectivity index (χ1v) is 6.85. The van der Waals surface area contributed by atoms with Crippen LogP contribution in [0, 0.1) is 6.92 Å². The maximum Gasteiger partial charge on any atom is 0.295 e. The van der Waals surface area contributed by atoms with E-state index in [9.17, 15) is 23.2 Å². The lowest BCUT2D eigenvalue weighted by atomic mass is 10.0. The van der Waals surface area contributed by atoms with Crippen molar-refractivity contribution in [1.29, 1.82) is 0 Å². The summed E-state index contributed by atoms with van der Waals surface area (Å²) in [5, 5.41) is 19.7. The zero-order valence-electron chi connectivity index (χ0n) is 10.0. The second-order valence-electron chi connectivity index (χ2n) is 4.10. The molecule has 0 aliphatic heterocycles. The molecule has 100 valence electrons. The number of hydrogen-bond acceptors (Lipinski definition) is 4. The predicted octanol–water partition coefficient (Wildman–Crippen LogP) is 2.32. The van der Waals surface area contributed by atoms with Crippen molar-refractivity contribution < 1.29 is 23.2 Å². The first kappa shape index (κ1) is 13.4. The standard InChI is InChI=1S/C13H12O5S/c1-8-6-7-11(15)12(13(8)19(16,17)18)9-4-2-3-5-10(9)14/h2-7,14-15H,1H3,(H,16,17,18). The summed E-state index contributed by atoms with van der Waals surface area (Å²) < 4.78 is 32.3. The van der Waals surface area contributed by atoms with Crippen molar-refractivity contribution in [3.8, 4) is 22.6 Å². The van der Waals surface area contributed by atoms with Gasteiger partial charge in [-0.2, -0.15) is 8.42 Å². The minimum Gasteiger partial charge on any atom is -0.507 e. The van der Waals surface area contributed by atoms with Crippen LogP contribution in [0.15, 0.2) is 41.3 Å². The second kappa shape index (κ2) is 4.56. The molecule has 0 amide bonds. The van der Waals surface area contributed by atoms with Crippen molar-refractivity contribution in [2.24, 2.45) is 0 Å². The molecule has 6 heteroatoms. The highest BCUT2D eigenvalue weighted by molar-refractivity contribution is 7.86. The number of para-hydroxylation sites is 1. The van der Waals surface area contributed by atoms with Crippen LogP contribution in [0.2, 0.25) is 0 Å². The van der Waals surface area contributed by atoms with Gasteiger partial charge in [-0.05, 0) is 24.6 Å². The minimum absolute atomic E-state index is 0.111. The maximum absolute atomic E-state index is 11.5. The van der Waals surface area contributed by atoms with E-state index in [1.807, 2.05) is 0 Å². The predicted molar refractivity (Wildman–Crippen MR) is 69.8 cm³/mol. The van der Waals surface area contributed by atoms with Crippen molar-refractivity contribution in [3.05, 3.63) is 42.0 Å². The molecule has 0 aliphatic rings. The van der Waals surface area contributed by atoms with Gasteiger partial charge in [-0.1, -0.05) is 24.3 Å². The van der Waals surface area contributed by atoms with E-state index in [1.165, 1.54) is 31.2 Å². The number of phenolic OH excluding ortho intramolecular Hbond substituents is 2. The first-order valence-electron chi connectivity index (χ1n) is 5.41. The van der Waals surface area contributed by atoms with Crippen LogP contribution >= 0.6 is 0 Å². The fraction of sp³-hybridized carbons (Fsp3) is 0.0769. The summed E-state index contributed by atoms with van der Waals surface area (Å²) in [5.41, 5.74) is 0.301. The van der Waals surface area contributed by atoms with E-state index in [4.69, 9.17) is 0 Å². The fourth-order valence-electron chi connectivity index (χ4n) is 1.95. The van der Waals surface area contributed by atoms with E-state index in [0.717, 1.165) is 0 Å². The van der Waals surface area contributed by atoms with Crippen molar-refractivity contribution in [2.45, 2.75) is 11.8 Å². The number of rotatable bonds is 2. The Morgan fingerprint density at radius 3 is 2.16 bits per heavy atom. The van der Waals surface area contributed by atoms with Crippen molar-refractivity contribution in [3.63, 3.8) is 0 Å². The van der Waals surface area contributed by atoms with Crippen LogP contribution in [0.25, 0.3) is 11.1 Å². The van der Waals surface area contributed by atoms with Gasteiger partial charge in [-0.25, -0.2) is 0 Å². The summed E-state index contributed by atoms with van der Waals surface area (Å²) in [4.78, 5) is -0.408. The van der Waals surface area contributed by atoms with Gasteiger partial charge in [0.05, 0.1) is 0 Å². The van der Waals surface area contributed by atoms with Gasteiger partial charge in [-0.3, -0.25) is 4.55 Å². The van der Waals surface area contributed by atoms with Gasteiger partial charge in [0.1, 0.15) is 16.4 Å². The molecule has 2 aromatic carbocycles. The van der Waals surface area contributed by atoms with Crippen molar-refractivity contribution in [1.82, 2.24) is 0 Å². The SMILES string of the molecule is Cc1ccc(O)c(-c2ccccc2O)c1S(=O)(=O)O. The molecule has 0 aromatic heterocycles. The molecule has 0 aliphatic carbocycles. The van der Waals surface area contributed by atoms with Crippen molar-refractivity contribution >= 4 is 10.1 Å². The van der Waals surface area contributed by atoms with Gasteiger partial charge in [0.15, 0.2) is 0 Å². The molecule has 0 saturated carbocycles.